The zero-order valence-corrected chi connectivity index (χ0v) is 31.6. The van der Waals surface area contributed by atoms with Gasteiger partial charge in [-0.2, -0.15) is 35.4 Å². The van der Waals surface area contributed by atoms with Crippen LogP contribution in [-0.2, 0) is 30.7 Å². The van der Waals surface area contributed by atoms with Crippen LogP contribution in [0, 0.1) is 37.3 Å². The van der Waals surface area contributed by atoms with Gasteiger partial charge in [0.1, 0.15) is 0 Å². The molecular formula is C39H38Cl4Zr-2. The maximum atomic E-state index is 5.98. The van der Waals surface area contributed by atoms with Gasteiger partial charge in [-0.05, 0) is 18.9 Å². The van der Waals surface area contributed by atoms with Crippen LogP contribution in [0.1, 0.15) is 67.5 Å². The fourth-order valence-corrected chi connectivity index (χ4v) is 6.18. The third kappa shape index (κ3) is 10.4. The molecule has 0 amide bonds. The molecule has 228 valence electrons. The van der Waals surface area contributed by atoms with Gasteiger partial charge in [0.2, 0.25) is 0 Å². The number of hydrogen-bond donors (Lipinski definition) is 0. The van der Waals surface area contributed by atoms with Crippen molar-refractivity contribution in [2.75, 3.05) is 0 Å². The van der Waals surface area contributed by atoms with Crippen molar-refractivity contribution in [2.24, 2.45) is 11.3 Å². The Hall–Kier alpha value is -1.73. The fourth-order valence-electron chi connectivity index (χ4n) is 5.04. The number of aryl methyl sites for hydroxylation is 2. The number of halogens is 4. The van der Waals surface area contributed by atoms with Crippen molar-refractivity contribution in [1.29, 1.82) is 0 Å². The van der Waals surface area contributed by atoms with Gasteiger partial charge in [-0.3, -0.25) is 6.08 Å². The van der Waals surface area contributed by atoms with E-state index in [0.29, 0.717) is 11.3 Å². The van der Waals surface area contributed by atoms with Crippen molar-refractivity contribution >= 4 is 26.4 Å². The van der Waals surface area contributed by atoms with Gasteiger partial charge >= 0.3 is 120 Å². The summed E-state index contributed by atoms with van der Waals surface area (Å²) in [5.74, 6) is 0.573. The van der Waals surface area contributed by atoms with Crippen molar-refractivity contribution in [3.8, 4) is 11.1 Å². The van der Waals surface area contributed by atoms with Gasteiger partial charge in [0.15, 0.2) is 0 Å². The second-order valence-corrected chi connectivity index (χ2v) is 14.1. The molecule has 0 aromatic heterocycles. The number of benzene rings is 4. The zero-order chi connectivity index (χ0) is 30.4. The number of rotatable bonds is 3. The predicted octanol–water partition coefficient (Wildman–Crippen LogP) is 5.15. The average Bonchev–Trinajstić information content (AvgIpc) is 3.58. The molecule has 0 nitrogen and oxygen atoms in total. The van der Waals surface area contributed by atoms with E-state index in [9.17, 15) is 0 Å². The fraction of sp³-hybridized carbons (Fsp3) is 0.256. The molecule has 44 heavy (non-hydrogen) atoms. The van der Waals surface area contributed by atoms with Gasteiger partial charge in [0.25, 0.3) is 0 Å². The van der Waals surface area contributed by atoms with E-state index in [-0.39, 0.29) is 24.8 Å². The topological polar surface area (TPSA) is 0 Å². The normalized spacial score (nSPS) is 14.0. The summed E-state index contributed by atoms with van der Waals surface area (Å²) in [6.07, 6.45) is 10.1. The molecule has 0 heterocycles. The van der Waals surface area contributed by atoms with Crippen molar-refractivity contribution < 1.29 is 49.0 Å². The molecule has 1 atom stereocenters. The molecule has 0 aliphatic heterocycles. The monoisotopic (exact) mass is 736 g/mol. The molecule has 2 aliphatic rings. The third-order valence-electron chi connectivity index (χ3n) is 7.46. The molecule has 0 bridgehead atoms. The van der Waals surface area contributed by atoms with Crippen molar-refractivity contribution in [3.05, 3.63) is 152 Å². The molecule has 4 aromatic rings. The Morgan fingerprint density at radius 3 is 1.93 bits per heavy atom. The number of allylic oxidation sites excluding steroid dienone is 4. The van der Waals surface area contributed by atoms with Crippen LogP contribution in [0.5, 0.6) is 0 Å². The van der Waals surface area contributed by atoms with Crippen LogP contribution in [0.4, 0.5) is 0 Å². The van der Waals surface area contributed by atoms with E-state index >= 15 is 0 Å². The first-order valence-electron chi connectivity index (χ1n) is 14.5. The van der Waals surface area contributed by atoms with Crippen LogP contribution in [0.25, 0.3) is 11.1 Å². The maximum Gasteiger partial charge on any atom is -1.00 e. The largest absolute Gasteiger partial charge is 1.00 e. The molecule has 0 N–H and O–H groups in total. The van der Waals surface area contributed by atoms with Gasteiger partial charge in [-0.25, -0.2) is 6.08 Å². The number of hydrogen-bond acceptors (Lipinski definition) is 0. The van der Waals surface area contributed by atoms with Crippen LogP contribution < -0.4 is 24.8 Å². The minimum Gasteiger partial charge on any atom is -1.00 e. The third-order valence-corrected chi connectivity index (χ3v) is 9.35. The van der Waals surface area contributed by atoms with Crippen LogP contribution >= 0.6 is 23.2 Å². The summed E-state index contributed by atoms with van der Waals surface area (Å²) >= 11 is 13.3. The molecular weight excluding hydrogens is 701 g/mol. The SMILES string of the molecule is CCC1[C-]=CC(C(C)(C)C)=C1.Cc1[c-]c2c(cc1)-c1ccc(C)cc1C2.Clc1cccc([C](=[Zr+2])c2cccc(Cl)c2)c1.[Cl-].[Cl-]. The quantitative estimate of drug-likeness (QED) is 0.225. The summed E-state index contributed by atoms with van der Waals surface area (Å²) in [6.45, 7) is 13.2. The standard InChI is InChI=1S/C15H13.C13H8Cl2.C11H17.2ClH.Zr/c1-10-3-5-14-12(7-10)9-13-8-11(2)4-6-15(13)14;14-12-5-1-3-10(8-12)7-11-4-2-6-13(15)9-11;1-5-9-6-7-10(8-9)11(2,3)4;;;/h3-7H,9H2,1-2H3;1-6,8-9H;7-9H,5H2,1-4H3;2*1H;/q-1;;-1;;;+2/p-2. The van der Waals surface area contributed by atoms with E-state index < -0.39 is 0 Å². The Kier molecular flexibility index (Phi) is 15.1. The zero-order valence-electron chi connectivity index (χ0n) is 26.2. The van der Waals surface area contributed by atoms with E-state index in [1.54, 1.807) is 0 Å². The summed E-state index contributed by atoms with van der Waals surface area (Å²) in [4.78, 5) is 0. The first-order valence-corrected chi connectivity index (χ1v) is 16.5. The molecule has 0 fully saturated rings. The van der Waals surface area contributed by atoms with E-state index in [1.807, 2.05) is 36.4 Å². The van der Waals surface area contributed by atoms with Gasteiger partial charge in [-0.1, -0.05) is 81.7 Å². The predicted molar refractivity (Wildman–Crippen MR) is 178 cm³/mol. The van der Waals surface area contributed by atoms with Gasteiger partial charge in [0, 0.05) is 0 Å². The van der Waals surface area contributed by atoms with Crippen LogP contribution in [0.15, 0.2) is 96.6 Å². The van der Waals surface area contributed by atoms with Crippen LogP contribution in [0.2, 0.25) is 10.0 Å². The molecule has 6 rings (SSSR count). The van der Waals surface area contributed by atoms with Crippen molar-refractivity contribution in [3.63, 3.8) is 0 Å². The molecule has 0 radical (unpaired) electrons. The molecule has 0 spiro atoms. The Morgan fingerprint density at radius 2 is 1.43 bits per heavy atom. The van der Waals surface area contributed by atoms with Crippen molar-refractivity contribution in [2.45, 2.75) is 54.4 Å². The Labute approximate surface area is 302 Å². The molecule has 0 saturated carbocycles. The first kappa shape index (κ1) is 38.5. The van der Waals surface area contributed by atoms with E-state index in [2.05, 4.69) is 108 Å². The number of fused-ring (bicyclic) bond motifs is 3. The molecule has 2 aliphatic carbocycles. The van der Waals surface area contributed by atoms with E-state index in [4.69, 9.17) is 23.2 Å². The summed E-state index contributed by atoms with van der Waals surface area (Å²) in [6, 6.07) is 30.3. The van der Waals surface area contributed by atoms with E-state index in [0.717, 1.165) is 27.6 Å². The first-order chi connectivity index (χ1) is 19.9. The molecule has 5 heteroatoms. The van der Waals surface area contributed by atoms with Gasteiger partial charge < -0.3 is 24.8 Å². The van der Waals surface area contributed by atoms with Crippen LogP contribution in [-0.4, -0.2) is 3.21 Å². The van der Waals surface area contributed by atoms with Crippen molar-refractivity contribution in [1.82, 2.24) is 0 Å². The Bertz CT molecular complexity index is 1550. The summed E-state index contributed by atoms with van der Waals surface area (Å²) in [5, 5.41) is 1.53. The maximum absolute atomic E-state index is 5.98. The Balaban J connectivity index is 0.000000229. The summed E-state index contributed by atoms with van der Waals surface area (Å²) in [5.41, 5.74) is 12.2. The van der Waals surface area contributed by atoms with Crippen LogP contribution in [0.3, 0.4) is 0 Å². The van der Waals surface area contributed by atoms with E-state index in [1.165, 1.54) is 72.8 Å². The average molecular weight is 740 g/mol. The molecule has 4 aromatic carbocycles. The second-order valence-electron chi connectivity index (χ2n) is 12.0. The Morgan fingerprint density at radius 1 is 0.841 bits per heavy atom. The summed E-state index contributed by atoms with van der Waals surface area (Å²) in [7, 11) is 0. The second kappa shape index (κ2) is 17.3. The minimum absolute atomic E-state index is 0. The van der Waals surface area contributed by atoms with Gasteiger partial charge in [0.05, 0.1) is 0 Å². The van der Waals surface area contributed by atoms with Gasteiger partial charge in [-0.15, -0.1) is 11.1 Å². The molecule has 1 unspecified atom stereocenters. The molecule has 0 saturated heterocycles. The smallest absolute Gasteiger partial charge is 1.00 e. The minimum atomic E-state index is 0. The summed E-state index contributed by atoms with van der Waals surface area (Å²) < 4.78 is 1.26.